The monoisotopic (exact) mass is 489 g/mol. The Hall–Kier alpha value is -2.42. The highest BCUT2D eigenvalue weighted by Gasteiger charge is 2.51. The molecule has 176 valence electrons. The Morgan fingerprint density at radius 1 is 1.12 bits per heavy atom. The van der Waals surface area contributed by atoms with Gasteiger partial charge in [-0.3, -0.25) is 14.5 Å². The Bertz CT molecular complexity index is 1160. The Morgan fingerprint density at radius 3 is 2.42 bits per heavy atom. The topological polar surface area (TPSA) is 86.8 Å². The third-order valence-corrected chi connectivity index (χ3v) is 8.48. The minimum atomic E-state index is -3.98. The van der Waals surface area contributed by atoms with Crippen molar-refractivity contribution in [1.29, 1.82) is 0 Å². The minimum absolute atomic E-state index is 0.0229. The molecule has 1 saturated carbocycles. The lowest BCUT2D eigenvalue weighted by Gasteiger charge is -2.47. The van der Waals surface area contributed by atoms with Crippen LogP contribution in [-0.2, 0) is 19.6 Å². The molecule has 1 heterocycles. The third kappa shape index (κ3) is 4.65. The van der Waals surface area contributed by atoms with Crippen LogP contribution in [0.4, 0.5) is 5.69 Å². The number of hydrogen-bond donors (Lipinski definition) is 1. The summed E-state index contributed by atoms with van der Waals surface area (Å²) >= 11 is 6.17. The van der Waals surface area contributed by atoms with Crippen molar-refractivity contribution in [2.24, 2.45) is 0 Å². The van der Waals surface area contributed by atoms with Gasteiger partial charge in [-0.25, -0.2) is 8.42 Å². The molecule has 1 aliphatic heterocycles. The molecule has 1 aliphatic carbocycles. The second-order valence-corrected chi connectivity index (χ2v) is 11.4. The van der Waals surface area contributed by atoms with E-state index in [1.165, 1.54) is 17.0 Å². The molecule has 2 amide bonds. The Kier molecular flexibility index (Phi) is 6.53. The van der Waals surface area contributed by atoms with Gasteiger partial charge in [-0.05, 0) is 57.0 Å². The molecule has 0 radical (unpaired) electrons. The molecule has 1 N–H and O–H groups in total. The average molecular weight is 490 g/mol. The third-order valence-electron chi connectivity index (χ3n) is 6.44. The van der Waals surface area contributed by atoms with Gasteiger partial charge in [-0.1, -0.05) is 48.2 Å². The maximum absolute atomic E-state index is 13.6. The van der Waals surface area contributed by atoms with Crippen molar-refractivity contribution < 1.29 is 18.0 Å². The Balaban J connectivity index is 1.73. The first kappa shape index (κ1) is 23.7. The van der Waals surface area contributed by atoms with Crippen molar-refractivity contribution in [2.45, 2.75) is 56.0 Å². The van der Waals surface area contributed by atoms with Crippen LogP contribution in [0.1, 0.15) is 38.2 Å². The first-order valence-corrected chi connectivity index (χ1v) is 12.9. The highest BCUT2D eigenvalue weighted by atomic mass is 35.5. The normalized spacial score (nSPS) is 22.5. The lowest BCUT2D eigenvalue weighted by Crippen LogP contribution is -2.70. The van der Waals surface area contributed by atoms with Gasteiger partial charge in [0.05, 0.1) is 11.4 Å². The lowest BCUT2D eigenvalue weighted by molar-refractivity contribution is -0.133. The van der Waals surface area contributed by atoms with Gasteiger partial charge in [0.15, 0.2) is 0 Å². The second-order valence-electron chi connectivity index (χ2n) is 9.02. The summed E-state index contributed by atoms with van der Waals surface area (Å²) in [5.41, 5.74) is -0.0547. The molecule has 2 fully saturated rings. The van der Waals surface area contributed by atoms with Gasteiger partial charge >= 0.3 is 0 Å². The van der Waals surface area contributed by atoms with Gasteiger partial charge in [0.25, 0.3) is 0 Å². The van der Waals surface area contributed by atoms with Gasteiger partial charge in [-0.15, -0.1) is 0 Å². The van der Waals surface area contributed by atoms with Crippen LogP contribution in [0, 0.1) is 6.92 Å². The first-order chi connectivity index (χ1) is 15.6. The zero-order chi connectivity index (χ0) is 23.8. The van der Waals surface area contributed by atoms with E-state index < -0.39 is 21.5 Å². The molecule has 0 aromatic heterocycles. The summed E-state index contributed by atoms with van der Waals surface area (Å²) in [7, 11) is -3.98. The van der Waals surface area contributed by atoms with Crippen LogP contribution in [0.3, 0.4) is 0 Å². The molecule has 1 unspecified atom stereocenters. The van der Waals surface area contributed by atoms with Crippen LogP contribution in [0.25, 0.3) is 0 Å². The van der Waals surface area contributed by atoms with Crippen molar-refractivity contribution in [2.75, 3.05) is 18.0 Å². The number of sulfonamides is 1. The Labute approximate surface area is 199 Å². The fraction of sp³-hybridized carbons (Fsp3) is 0.417. The second kappa shape index (κ2) is 9.08. The van der Waals surface area contributed by atoms with Crippen LogP contribution in [-0.4, -0.2) is 49.2 Å². The van der Waals surface area contributed by atoms with Crippen LogP contribution < -0.4 is 10.2 Å². The van der Waals surface area contributed by atoms with E-state index in [4.69, 9.17) is 11.6 Å². The zero-order valence-electron chi connectivity index (χ0n) is 18.8. The summed E-state index contributed by atoms with van der Waals surface area (Å²) in [5, 5.41) is 3.48. The molecule has 1 atom stereocenters. The maximum atomic E-state index is 13.6. The predicted molar refractivity (Wildman–Crippen MR) is 128 cm³/mol. The minimum Gasteiger partial charge on any atom is -0.351 e. The fourth-order valence-electron chi connectivity index (χ4n) is 4.62. The Morgan fingerprint density at radius 2 is 1.79 bits per heavy atom. The number of hydrogen-bond acceptors (Lipinski definition) is 4. The summed E-state index contributed by atoms with van der Waals surface area (Å²) in [4.78, 5) is 28.5. The van der Waals surface area contributed by atoms with E-state index in [0.717, 1.165) is 35.6 Å². The van der Waals surface area contributed by atoms with Crippen LogP contribution in [0.5, 0.6) is 0 Å². The lowest BCUT2D eigenvalue weighted by atomic mass is 9.94. The number of piperazine rings is 1. The first-order valence-electron chi connectivity index (χ1n) is 11.1. The van der Waals surface area contributed by atoms with Crippen molar-refractivity contribution in [3.05, 3.63) is 59.1 Å². The SMILES string of the molecule is Cc1ccc(S(=O)(=O)N2CC(=O)N(c3cccc(Cl)c3)C(C)(C(=O)NC3CCCC3)C2)cc1. The maximum Gasteiger partial charge on any atom is 0.247 e. The van der Waals surface area contributed by atoms with Crippen molar-refractivity contribution in [1.82, 2.24) is 9.62 Å². The van der Waals surface area contributed by atoms with Gasteiger partial charge < -0.3 is 5.32 Å². The standard InChI is InChI=1S/C24H28ClN3O4S/c1-17-10-12-21(13-11-17)33(31,32)27-15-22(29)28(20-9-5-6-18(25)14-20)24(2,16-27)23(30)26-19-7-3-4-8-19/h5-6,9-14,19H,3-4,7-8,15-16H2,1-2H3,(H,26,30). The molecule has 9 heteroatoms. The van der Waals surface area contributed by atoms with E-state index in [1.54, 1.807) is 43.3 Å². The van der Waals surface area contributed by atoms with Crippen molar-refractivity contribution in [3.63, 3.8) is 0 Å². The quantitative estimate of drug-likeness (QED) is 0.696. The number of nitrogens with one attached hydrogen (secondary N) is 1. The number of halogens is 1. The molecule has 2 aliphatic rings. The summed E-state index contributed by atoms with van der Waals surface area (Å²) in [6.45, 7) is 2.95. The summed E-state index contributed by atoms with van der Waals surface area (Å²) in [5.74, 6) is -0.852. The molecule has 2 aromatic rings. The largest absolute Gasteiger partial charge is 0.351 e. The molecule has 1 saturated heterocycles. The zero-order valence-corrected chi connectivity index (χ0v) is 20.3. The molecule has 4 rings (SSSR count). The summed E-state index contributed by atoms with van der Waals surface area (Å²) in [6.07, 6.45) is 3.82. The van der Waals surface area contributed by atoms with Crippen LogP contribution >= 0.6 is 11.6 Å². The van der Waals surface area contributed by atoms with Crippen LogP contribution in [0.15, 0.2) is 53.4 Å². The number of carbonyl (C=O) groups excluding carboxylic acids is 2. The molecule has 33 heavy (non-hydrogen) atoms. The molecular formula is C24H28ClN3O4S. The van der Waals surface area contributed by atoms with Crippen LogP contribution in [0.2, 0.25) is 5.02 Å². The summed E-state index contributed by atoms with van der Waals surface area (Å²) < 4.78 is 27.9. The van der Waals surface area contributed by atoms with E-state index >= 15 is 0 Å². The molecule has 0 spiro atoms. The number of carbonyl (C=O) groups is 2. The van der Waals surface area contributed by atoms with Gasteiger partial charge in [0.1, 0.15) is 5.54 Å². The van der Waals surface area contributed by atoms with Gasteiger partial charge in [0.2, 0.25) is 21.8 Å². The number of rotatable bonds is 5. The van der Waals surface area contributed by atoms with E-state index in [0.29, 0.717) is 10.7 Å². The average Bonchev–Trinajstić information content (AvgIpc) is 3.26. The number of benzene rings is 2. The van der Waals surface area contributed by atoms with E-state index in [2.05, 4.69) is 5.32 Å². The number of amides is 2. The fourth-order valence-corrected chi connectivity index (χ4v) is 6.29. The smallest absolute Gasteiger partial charge is 0.247 e. The van der Waals surface area contributed by atoms with Gasteiger partial charge in [-0.2, -0.15) is 4.31 Å². The molecule has 7 nitrogen and oxygen atoms in total. The molecule has 0 bridgehead atoms. The molecule has 2 aromatic carbocycles. The van der Waals surface area contributed by atoms with Crippen molar-refractivity contribution in [3.8, 4) is 0 Å². The highest BCUT2D eigenvalue weighted by molar-refractivity contribution is 7.89. The van der Waals surface area contributed by atoms with E-state index in [9.17, 15) is 18.0 Å². The number of anilines is 1. The van der Waals surface area contributed by atoms with E-state index in [1.807, 2.05) is 6.92 Å². The molecular weight excluding hydrogens is 462 g/mol. The predicted octanol–water partition coefficient (Wildman–Crippen LogP) is 3.50. The highest BCUT2D eigenvalue weighted by Crippen LogP contribution is 2.34. The van der Waals surface area contributed by atoms with Gasteiger partial charge in [0, 0.05) is 23.3 Å². The number of aryl methyl sites for hydroxylation is 1. The van der Waals surface area contributed by atoms with Crippen molar-refractivity contribution >= 4 is 39.1 Å². The van der Waals surface area contributed by atoms with E-state index in [-0.39, 0.29) is 29.9 Å². The number of nitrogens with zero attached hydrogens (tertiary/aromatic N) is 2. The summed E-state index contributed by atoms with van der Waals surface area (Å²) in [6, 6.07) is 13.2.